The fraction of sp³-hybridized carbons (Fsp3) is 0.625. The molecule has 0 aromatic carbocycles. The minimum atomic E-state index is 0.381. The predicted molar refractivity (Wildman–Crippen MR) is 84.9 cm³/mol. The molecule has 21 heavy (non-hydrogen) atoms. The molecule has 0 spiro atoms. The van der Waals surface area contributed by atoms with Gasteiger partial charge in [-0.05, 0) is 44.2 Å². The third-order valence-electron chi connectivity index (χ3n) is 4.53. The summed E-state index contributed by atoms with van der Waals surface area (Å²) in [4.78, 5) is 9.39. The van der Waals surface area contributed by atoms with E-state index in [2.05, 4.69) is 23.4 Å². The minimum Gasteiger partial charge on any atom is -0.381 e. The van der Waals surface area contributed by atoms with Crippen molar-refractivity contribution >= 4 is 22.8 Å². The van der Waals surface area contributed by atoms with E-state index in [4.69, 9.17) is 21.3 Å². The molecule has 1 atom stereocenters. The fourth-order valence-electron chi connectivity index (χ4n) is 3.25. The maximum Gasteiger partial charge on any atom is 0.160 e. The first-order chi connectivity index (χ1) is 10.2. The number of hydrogen-bond donors (Lipinski definition) is 0. The topological polar surface area (TPSA) is 39.9 Å². The van der Waals surface area contributed by atoms with E-state index in [1.807, 2.05) is 12.3 Å². The summed E-state index contributed by atoms with van der Waals surface area (Å²) in [7, 11) is 0. The lowest BCUT2D eigenvalue weighted by Crippen LogP contribution is -2.25. The van der Waals surface area contributed by atoms with Gasteiger partial charge in [-0.25, -0.2) is 9.97 Å². The summed E-state index contributed by atoms with van der Waals surface area (Å²) in [5, 5.41) is 0. The zero-order valence-corrected chi connectivity index (χ0v) is 13.4. The van der Waals surface area contributed by atoms with Gasteiger partial charge in [0.05, 0.1) is 0 Å². The van der Waals surface area contributed by atoms with Crippen LogP contribution in [0.15, 0.2) is 12.3 Å². The van der Waals surface area contributed by atoms with Crippen molar-refractivity contribution in [3.8, 4) is 0 Å². The van der Waals surface area contributed by atoms with Crippen LogP contribution in [0.2, 0.25) is 0 Å². The molecule has 0 amide bonds. The molecule has 0 aliphatic carbocycles. The molecular weight excluding hydrogens is 286 g/mol. The van der Waals surface area contributed by atoms with Crippen LogP contribution in [0.1, 0.15) is 37.2 Å². The van der Waals surface area contributed by atoms with Gasteiger partial charge in [-0.15, -0.1) is 11.6 Å². The molecule has 1 aliphatic rings. The molecule has 5 heteroatoms. The first kappa shape index (κ1) is 14.8. The number of imidazole rings is 1. The molecule has 1 aliphatic heterocycles. The van der Waals surface area contributed by atoms with E-state index in [1.165, 1.54) is 5.56 Å². The Morgan fingerprint density at radius 3 is 2.90 bits per heavy atom. The molecule has 1 fully saturated rings. The first-order valence-corrected chi connectivity index (χ1v) is 8.22. The number of fused-ring (bicyclic) bond motifs is 1. The largest absolute Gasteiger partial charge is 0.381 e. The Bertz CT molecular complexity index is 619. The van der Waals surface area contributed by atoms with Gasteiger partial charge in [-0.1, -0.05) is 0 Å². The summed E-state index contributed by atoms with van der Waals surface area (Å²) in [6.07, 6.45) is 4.86. The van der Waals surface area contributed by atoms with E-state index in [0.717, 1.165) is 49.5 Å². The maximum atomic E-state index is 5.97. The Hall–Kier alpha value is -1.13. The monoisotopic (exact) mass is 307 g/mol. The standard InChI is InChI=1S/C16H22ClN3O/c1-11-4-8-18-16-15(11)19-14(3-7-17)20(16)12(2)13-5-9-21-10-6-13/h4,8,12-13H,3,5-7,9-10H2,1-2H3. The number of hydrogen-bond acceptors (Lipinski definition) is 3. The van der Waals surface area contributed by atoms with Crippen LogP contribution >= 0.6 is 11.6 Å². The molecule has 2 aromatic rings. The lowest BCUT2D eigenvalue weighted by atomic mass is 9.92. The molecule has 114 valence electrons. The molecule has 4 nitrogen and oxygen atoms in total. The Morgan fingerprint density at radius 2 is 2.19 bits per heavy atom. The zero-order chi connectivity index (χ0) is 14.8. The van der Waals surface area contributed by atoms with E-state index >= 15 is 0 Å². The molecule has 1 saturated heterocycles. The van der Waals surface area contributed by atoms with E-state index < -0.39 is 0 Å². The third-order valence-corrected chi connectivity index (χ3v) is 4.72. The van der Waals surface area contributed by atoms with Crippen LogP contribution in [-0.4, -0.2) is 33.6 Å². The highest BCUT2D eigenvalue weighted by molar-refractivity contribution is 6.17. The van der Waals surface area contributed by atoms with Gasteiger partial charge in [-0.2, -0.15) is 0 Å². The summed E-state index contributed by atoms with van der Waals surface area (Å²) >= 11 is 5.97. The first-order valence-electron chi connectivity index (χ1n) is 7.68. The minimum absolute atomic E-state index is 0.381. The molecule has 0 radical (unpaired) electrons. The van der Waals surface area contributed by atoms with Crippen LogP contribution in [0.5, 0.6) is 0 Å². The van der Waals surface area contributed by atoms with Crippen LogP contribution in [-0.2, 0) is 11.2 Å². The lowest BCUT2D eigenvalue weighted by molar-refractivity contribution is 0.0514. The van der Waals surface area contributed by atoms with Gasteiger partial charge < -0.3 is 9.30 Å². The van der Waals surface area contributed by atoms with Gasteiger partial charge in [0.2, 0.25) is 0 Å². The van der Waals surface area contributed by atoms with Crippen molar-refractivity contribution in [3.05, 3.63) is 23.7 Å². The predicted octanol–water partition coefficient (Wildman–Crippen LogP) is 3.51. The number of pyridine rings is 1. The Labute approximate surface area is 130 Å². The molecule has 1 unspecified atom stereocenters. The van der Waals surface area contributed by atoms with Gasteiger partial charge in [-0.3, -0.25) is 0 Å². The average Bonchev–Trinajstić information content (AvgIpc) is 2.87. The molecule has 3 rings (SSSR count). The quantitative estimate of drug-likeness (QED) is 0.812. The van der Waals surface area contributed by atoms with Crippen molar-refractivity contribution in [3.63, 3.8) is 0 Å². The lowest BCUT2D eigenvalue weighted by Gasteiger charge is -2.29. The van der Waals surface area contributed by atoms with Crippen LogP contribution < -0.4 is 0 Å². The van der Waals surface area contributed by atoms with Gasteiger partial charge in [0, 0.05) is 37.8 Å². The van der Waals surface area contributed by atoms with Gasteiger partial charge in [0.15, 0.2) is 5.65 Å². The highest BCUT2D eigenvalue weighted by atomic mass is 35.5. The maximum absolute atomic E-state index is 5.97. The van der Waals surface area contributed by atoms with Crippen molar-refractivity contribution in [1.82, 2.24) is 14.5 Å². The van der Waals surface area contributed by atoms with Crippen LogP contribution in [0.4, 0.5) is 0 Å². The Balaban J connectivity index is 2.05. The van der Waals surface area contributed by atoms with Gasteiger partial charge in [0.25, 0.3) is 0 Å². The summed E-state index contributed by atoms with van der Waals surface area (Å²) < 4.78 is 7.80. The second-order valence-corrected chi connectivity index (χ2v) is 6.21. The van der Waals surface area contributed by atoms with Crippen molar-refractivity contribution in [1.29, 1.82) is 0 Å². The highest BCUT2D eigenvalue weighted by Gasteiger charge is 2.26. The van der Waals surface area contributed by atoms with Gasteiger partial charge >= 0.3 is 0 Å². The smallest absolute Gasteiger partial charge is 0.160 e. The van der Waals surface area contributed by atoms with Gasteiger partial charge in [0.1, 0.15) is 11.3 Å². The van der Waals surface area contributed by atoms with Crippen LogP contribution in [0, 0.1) is 12.8 Å². The van der Waals surface area contributed by atoms with E-state index in [-0.39, 0.29) is 0 Å². The number of alkyl halides is 1. The Morgan fingerprint density at radius 1 is 1.43 bits per heavy atom. The number of ether oxygens (including phenoxy) is 1. The average molecular weight is 308 g/mol. The summed E-state index contributed by atoms with van der Waals surface area (Å²) in [5.74, 6) is 2.26. The number of aromatic nitrogens is 3. The number of rotatable bonds is 4. The van der Waals surface area contributed by atoms with E-state index in [0.29, 0.717) is 17.8 Å². The van der Waals surface area contributed by atoms with Crippen molar-refractivity contribution in [2.24, 2.45) is 5.92 Å². The highest BCUT2D eigenvalue weighted by Crippen LogP contribution is 2.31. The van der Waals surface area contributed by atoms with E-state index in [1.54, 1.807) is 0 Å². The zero-order valence-electron chi connectivity index (χ0n) is 12.7. The number of halogens is 1. The number of nitrogens with zero attached hydrogens (tertiary/aromatic N) is 3. The number of aryl methyl sites for hydroxylation is 2. The van der Waals surface area contributed by atoms with E-state index in [9.17, 15) is 0 Å². The van der Waals surface area contributed by atoms with Crippen molar-refractivity contribution in [2.45, 2.75) is 39.2 Å². The SMILES string of the molecule is Cc1ccnc2c1nc(CCCl)n2C(C)C1CCOCC1. The molecule has 3 heterocycles. The normalized spacial score (nSPS) is 18.2. The molecule has 0 bridgehead atoms. The fourth-order valence-corrected chi connectivity index (χ4v) is 3.42. The summed E-state index contributed by atoms with van der Waals surface area (Å²) in [6, 6.07) is 2.40. The Kier molecular flexibility index (Phi) is 4.45. The summed E-state index contributed by atoms with van der Waals surface area (Å²) in [6.45, 7) is 6.08. The van der Waals surface area contributed by atoms with Crippen molar-refractivity contribution in [2.75, 3.05) is 19.1 Å². The third kappa shape index (κ3) is 2.79. The summed E-state index contributed by atoms with van der Waals surface area (Å²) in [5.41, 5.74) is 3.18. The van der Waals surface area contributed by atoms with Crippen LogP contribution in [0.25, 0.3) is 11.2 Å². The molecule has 0 N–H and O–H groups in total. The molecule has 0 saturated carbocycles. The van der Waals surface area contributed by atoms with Crippen molar-refractivity contribution < 1.29 is 4.74 Å². The second-order valence-electron chi connectivity index (χ2n) is 5.83. The van der Waals surface area contributed by atoms with Crippen LogP contribution in [0.3, 0.4) is 0 Å². The molecule has 2 aromatic heterocycles. The second kappa shape index (κ2) is 6.32. The molecular formula is C16H22ClN3O.